The molecule has 1 heterocycles. The summed E-state index contributed by atoms with van der Waals surface area (Å²) in [6.07, 6.45) is 0.862. The molecule has 1 atom stereocenters. The molecule has 0 saturated heterocycles. The molecule has 0 fully saturated rings. The van der Waals surface area contributed by atoms with Gasteiger partial charge in [-0.15, -0.1) is 0 Å². The second-order valence-electron chi connectivity index (χ2n) is 4.26. The first-order valence-electron chi connectivity index (χ1n) is 5.56. The molecule has 0 spiro atoms. The van der Waals surface area contributed by atoms with E-state index in [1.165, 1.54) is 0 Å². The number of halogens is 2. The summed E-state index contributed by atoms with van der Waals surface area (Å²) >= 11 is 12.0. The Kier molecular flexibility index (Phi) is 3.91. The molecule has 0 bridgehead atoms. The summed E-state index contributed by atoms with van der Waals surface area (Å²) in [5.41, 5.74) is 3.16. The van der Waals surface area contributed by atoms with Crippen LogP contribution in [0.4, 0.5) is 0 Å². The number of aromatic nitrogens is 1. The second kappa shape index (κ2) is 5.27. The third kappa shape index (κ3) is 2.51. The number of rotatable bonds is 2. The van der Waals surface area contributed by atoms with Crippen LogP contribution >= 0.6 is 23.2 Å². The van der Waals surface area contributed by atoms with E-state index in [2.05, 4.69) is 4.98 Å². The van der Waals surface area contributed by atoms with E-state index >= 15 is 0 Å². The predicted molar refractivity (Wildman–Crippen MR) is 74.2 cm³/mol. The lowest BCUT2D eigenvalue weighted by atomic mass is 10.0. The average Bonchev–Trinajstić information content (AvgIpc) is 2.32. The largest absolute Gasteiger partial charge is 0.382 e. The monoisotopic (exact) mass is 281 g/mol. The lowest BCUT2D eigenvalue weighted by Crippen LogP contribution is -2.06. The average molecular weight is 282 g/mol. The fourth-order valence-electron chi connectivity index (χ4n) is 1.89. The van der Waals surface area contributed by atoms with Crippen molar-refractivity contribution in [3.63, 3.8) is 0 Å². The van der Waals surface area contributed by atoms with Crippen molar-refractivity contribution in [2.45, 2.75) is 20.0 Å². The third-order valence-electron chi connectivity index (χ3n) is 2.79. The molecule has 0 aliphatic rings. The molecule has 1 unspecified atom stereocenters. The molecule has 0 amide bonds. The van der Waals surface area contributed by atoms with Gasteiger partial charge in [0.25, 0.3) is 0 Å². The smallest absolute Gasteiger partial charge is 0.123 e. The van der Waals surface area contributed by atoms with E-state index in [0.29, 0.717) is 21.3 Å². The van der Waals surface area contributed by atoms with Gasteiger partial charge in [-0.1, -0.05) is 41.4 Å². The van der Waals surface area contributed by atoms with E-state index in [1.54, 1.807) is 24.4 Å². The number of aliphatic hydroxyl groups is 1. The highest BCUT2D eigenvalue weighted by atomic mass is 35.5. The Morgan fingerprint density at radius 3 is 2.61 bits per heavy atom. The second-order valence-corrected chi connectivity index (χ2v) is 5.05. The molecule has 1 aromatic heterocycles. The van der Waals surface area contributed by atoms with Crippen LogP contribution in [0.2, 0.25) is 10.0 Å². The summed E-state index contributed by atoms with van der Waals surface area (Å²) in [6.45, 7) is 3.87. The van der Waals surface area contributed by atoms with E-state index in [1.807, 2.05) is 19.9 Å². The zero-order valence-electron chi connectivity index (χ0n) is 10.1. The molecule has 0 aliphatic carbocycles. The molecule has 2 nitrogen and oxygen atoms in total. The van der Waals surface area contributed by atoms with Gasteiger partial charge in [0.1, 0.15) is 6.10 Å². The van der Waals surface area contributed by atoms with E-state index < -0.39 is 6.10 Å². The fraction of sp³-hybridized carbons (Fsp3) is 0.214. The summed E-state index contributed by atoms with van der Waals surface area (Å²) < 4.78 is 0. The first-order chi connectivity index (χ1) is 8.50. The Labute approximate surface area is 116 Å². The standard InChI is InChI=1S/C14H13Cl2NO/c1-8-6-9(2)13(17-7-8)14(18)10-4-3-5-11(15)12(10)16/h3-7,14,18H,1-2H3. The van der Waals surface area contributed by atoms with Crippen LogP contribution in [-0.4, -0.2) is 10.1 Å². The SMILES string of the molecule is Cc1cnc(C(O)c2cccc(Cl)c2Cl)c(C)c1. The summed E-state index contributed by atoms with van der Waals surface area (Å²) in [5.74, 6) is 0. The number of aryl methyl sites for hydroxylation is 2. The van der Waals surface area contributed by atoms with Gasteiger partial charge in [-0.3, -0.25) is 4.98 Å². The van der Waals surface area contributed by atoms with E-state index in [-0.39, 0.29) is 0 Å². The van der Waals surface area contributed by atoms with Crippen molar-refractivity contribution in [3.8, 4) is 0 Å². The number of hydrogen-bond donors (Lipinski definition) is 1. The van der Waals surface area contributed by atoms with Crippen molar-refractivity contribution in [1.29, 1.82) is 0 Å². The topological polar surface area (TPSA) is 33.1 Å². The summed E-state index contributed by atoms with van der Waals surface area (Å²) in [7, 11) is 0. The zero-order valence-corrected chi connectivity index (χ0v) is 11.6. The maximum Gasteiger partial charge on any atom is 0.123 e. The highest BCUT2D eigenvalue weighted by Gasteiger charge is 2.18. The van der Waals surface area contributed by atoms with Gasteiger partial charge in [0, 0.05) is 11.8 Å². The summed E-state index contributed by atoms with van der Waals surface area (Å²) in [5, 5.41) is 11.2. The quantitative estimate of drug-likeness (QED) is 0.900. The molecule has 2 rings (SSSR count). The maximum atomic E-state index is 10.4. The van der Waals surface area contributed by atoms with Gasteiger partial charge in [-0.05, 0) is 31.0 Å². The van der Waals surface area contributed by atoms with E-state index in [4.69, 9.17) is 23.2 Å². The van der Waals surface area contributed by atoms with Crippen LogP contribution in [0, 0.1) is 13.8 Å². The fourth-order valence-corrected chi connectivity index (χ4v) is 2.30. The van der Waals surface area contributed by atoms with Crippen molar-refractivity contribution < 1.29 is 5.11 Å². The van der Waals surface area contributed by atoms with Gasteiger partial charge in [0.15, 0.2) is 0 Å². The third-order valence-corrected chi connectivity index (χ3v) is 3.62. The van der Waals surface area contributed by atoms with Crippen molar-refractivity contribution >= 4 is 23.2 Å². The lowest BCUT2D eigenvalue weighted by molar-refractivity contribution is 0.214. The van der Waals surface area contributed by atoms with Crippen molar-refractivity contribution in [3.05, 3.63) is 62.9 Å². The Hall–Kier alpha value is -1.09. The Morgan fingerprint density at radius 2 is 1.94 bits per heavy atom. The molecule has 2 aromatic rings. The van der Waals surface area contributed by atoms with Gasteiger partial charge in [0.05, 0.1) is 15.7 Å². The summed E-state index contributed by atoms with van der Waals surface area (Å²) in [4.78, 5) is 4.27. The van der Waals surface area contributed by atoms with Crippen LogP contribution in [0.25, 0.3) is 0 Å². The van der Waals surface area contributed by atoms with Crippen molar-refractivity contribution in [2.75, 3.05) is 0 Å². The first-order valence-corrected chi connectivity index (χ1v) is 6.31. The summed E-state index contributed by atoms with van der Waals surface area (Å²) in [6, 6.07) is 7.18. The molecule has 4 heteroatoms. The molecule has 18 heavy (non-hydrogen) atoms. The highest BCUT2D eigenvalue weighted by Crippen LogP contribution is 2.33. The molecule has 0 saturated carbocycles. The van der Waals surface area contributed by atoms with Gasteiger partial charge in [0.2, 0.25) is 0 Å². The maximum absolute atomic E-state index is 10.4. The van der Waals surface area contributed by atoms with Gasteiger partial charge in [-0.2, -0.15) is 0 Å². The minimum atomic E-state index is -0.864. The minimum Gasteiger partial charge on any atom is -0.382 e. The van der Waals surface area contributed by atoms with Crippen LogP contribution in [0.5, 0.6) is 0 Å². The Balaban J connectivity index is 2.48. The molecular weight excluding hydrogens is 269 g/mol. The molecule has 94 valence electrons. The highest BCUT2D eigenvalue weighted by molar-refractivity contribution is 6.42. The van der Waals surface area contributed by atoms with Gasteiger partial charge >= 0.3 is 0 Å². The normalized spacial score (nSPS) is 12.5. The van der Waals surface area contributed by atoms with Crippen LogP contribution in [0.15, 0.2) is 30.5 Å². The molecular formula is C14H13Cl2NO. The number of benzene rings is 1. The number of pyridine rings is 1. The number of nitrogens with zero attached hydrogens (tertiary/aromatic N) is 1. The number of hydrogen-bond acceptors (Lipinski definition) is 2. The predicted octanol–water partition coefficient (Wildman–Crippen LogP) is 4.09. The van der Waals surface area contributed by atoms with Crippen LogP contribution in [0.1, 0.15) is 28.5 Å². The minimum absolute atomic E-state index is 0.369. The van der Waals surface area contributed by atoms with Gasteiger partial charge < -0.3 is 5.11 Å². The molecule has 1 N–H and O–H groups in total. The number of aliphatic hydroxyl groups excluding tert-OH is 1. The van der Waals surface area contributed by atoms with E-state index in [9.17, 15) is 5.11 Å². The van der Waals surface area contributed by atoms with Gasteiger partial charge in [-0.25, -0.2) is 0 Å². The van der Waals surface area contributed by atoms with Crippen LogP contribution in [-0.2, 0) is 0 Å². The zero-order chi connectivity index (χ0) is 13.3. The molecule has 0 radical (unpaired) electrons. The van der Waals surface area contributed by atoms with Crippen molar-refractivity contribution in [2.24, 2.45) is 0 Å². The Bertz CT molecular complexity index is 584. The molecule has 1 aromatic carbocycles. The van der Waals surface area contributed by atoms with Crippen molar-refractivity contribution in [1.82, 2.24) is 4.98 Å². The molecule has 0 aliphatic heterocycles. The Morgan fingerprint density at radius 1 is 1.22 bits per heavy atom. The first kappa shape index (κ1) is 13.3. The lowest BCUT2D eigenvalue weighted by Gasteiger charge is -2.15. The van der Waals surface area contributed by atoms with Crippen LogP contribution < -0.4 is 0 Å². The van der Waals surface area contributed by atoms with E-state index in [0.717, 1.165) is 11.1 Å². The van der Waals surface area contributed by atoms with Crippen LogP contribution in [0.3, 0.4) is 0 Å².